The Kier molecular flexibility index (Phi) is 5.80. The van der Waals surface area contributed by atoms with Gasteiger partial charge in [-0.15, -0.1) is 0 Å². The van der Waals surface area contributed by atoms with E-state index < -0.39 is 12.0 Å². The van der Waals surface area contributed by atoms with Crippen LogP contribution in [-0.2, 0) is 16.1 Å². The quantitative estimate of drug-likeness (QED) is 0.799. The number of aryl methyl sites for hydroxylation is 1. The number of benzene rings is 1. The molecule has 0 aliphatic heterocycles. The van der Waals surface area contributed by atoms with E-state index in [1.165, 1.54) is 18.7 Å². The van der Waals surface area contributed by atoms with Crippen LogP contribution in [0.3, 0.4) is 0 Å². The molecule has 7 heteroatoms. The summed E-state index contributed by atoms with van der Waals surface area (Å²) in [4.78, 5) is 36.8. The van der Waals surface area contributed by atoms with Gasteiger partial charge in [0.1, 0.15) is 6.04 Å². The van der Waals surface area contributed by atoms with Crippen molar-refractivity contribution < 1.29 is 19.5 Å². The molecular formula is C18H23N3O4. The molecule has 1 aromatic carbocycles. The lowest BCUT2D eigenvalue weighted by atomic mass is 10.1. The minimum Gasteiger partial charge on any atom is -0.480 e. The molecule has 2 aromatic rings. The smallest absolute Gasteiger partial charge is 0.326 e. The molecule has 0 spiro atoms. The molecule has 0 aliphatic carbocycles. The van der Waals surface area contributed by atoms with E-state index in [-0.39, 0.29) is 24.9 Å². The number of aliphatic carboxylic acids is 1. The van der Waals surface area contributed by atoms with Gasteiger partial charge in [0, 0.05) is 43.7 Å². The predicted molar refractivity (Wildman–Crippen MR) is 94.4 cm³/mol. The van der Waals surface area contributed by atoms with E-state index in [1.807, 2.05) is 35.8 Å². The molecule has 2 rings (SSSR count). The van der Waals surface area contributed by atoms with Crippen molar-refractivity contribution in [3.05, 3.63) is 36.0 Å². The van der Waals surface area contributed by atoms with Crippen LogP contribution >= 0.6 is 0 Å². The van der Waals surface area contributed by atoms with Crippen LogP contribution in [0.15, 0.2) is 30.5 Å². The normalized spacial score (nSPS) is 12.0. The molecule has 1 atom stereocenters. The van der Waals surface area contributed by atoms with Crippen LogP contribution in [0.5, 0.6) is 0 Å². The number of hydrogen-bond acceptors (Lipinski definition) is 3. The third-order valence-corrected chi connectivity index (χ3v) is 4.17. The number of carboxylic acids is 1. The molecule has 0 bridgehead atoms. The molecule has 2 amide bonds. The topological polar surface area (TPSA) is 91.6 Å². The second-order valence-corrected chi connectivity index (χ2v) is 5.84. The van der Waals surface area contributed by atoms with Gasteiger partial charge in [-0.2, -0.15) is 0 Å². The van der Waals surface area contributed by atoms with E-state index in [0.29, 0.717) is 12.1 Å². The Morgan fingerprint density at radius 2 is 1.96 bits per heavy atom. The highest BCUT2D eigenvalue weighted by Gasteiger charge is 2.28. The molecule has 0 radical (unpaired) electrons. The summed E-state index contributed by atoms with van der Waals surface area (Å²) in [7, 11) is 0. The monoisotopic (exact) mass is 345 g/mol. The fourth-order valence-corrected chi connectivity index (χ4v) is 2.79. The summed E-state index contributed by atoms with van der Waals surface area (Å²) < 4.78 is 1.96. The van der Waals surface area contributed by atoms with E-state index in [2.05, 4.69) is 5.32 Å². The van der Waals surface area contributed by atoms with Crippen molar-refractivity contribution in [3.63, 3.8) is 0 Å². The molecule has 134 valence electrons. The van der Waals surface area contributed by atoms with Crippen molar-refractivity contribution in [1.82, 2.24) is 14.8 Å². The molecule has 7 nitrogen and oxygen atoms in total. The largest absolute Gasteiger partial charge is 0.480 e. The van der Waals surface area contributed by atoms with Gasteiger partial charge in [-0.25, -0.2) is 4.79 Å². The summed E-state index contributed by atoms with van der Waals surface area (Å²) >= 11 is 0. The molecule has 0 aliphatic rings. The van der Waals surface area contributed by atoms with Crippen molar-refractivity contribution in [2.75, 3.05) is 13.1 Å². The van der Waals surface area contributed by atoms with Crippen LogP contribution in [0, 0.1) is 0 Å². The van der Waals surface area contributed by atoms with E-state index in [4.69, 9.17) is 0 Å². The Morgan fingerprint density at radius 1 is 1.28 bits per heavy atom. The first kappa shape index (κ1) is 18.5. The number of nitrogens with zero attached hydrogens (tertiary/aromatic N) is 2. The van der Waals surface area contributed by atoms with Crippen LogP contribution in [0.25, 0.3) is 10.9 Å². The minimum atomic E-state index is -1.09. The average Bonchev–Trinajstić information content (AvgIpc) is 2.96. The zero-order chi connectivity index (χ0) is 18.6. The van der Waals surface area contributed by atoms with Crippen LogP contribution in [0.4, 0.5) is 0 Å². The number of carboxylic acid groups (broad SMARTS) is 1. The number of aromatic nitrogens is 1. The molecule has 0 fully saturated rings. The number of rotatable bonds is 7. The molecule has 1 unspecified atom stereocenters. The number of carbonyl (C=O) groups excluding carboxylic acids is 2. The molecule has 1 aromatic heterocycles. The van der Waals surface area contributed by atoms with Gasteiger partial charge in [-0.05, 0) is 19.9 Å². The Bertz CT molecular complexity index is 797. The third kappa shape index (κ3) is 3.99. The first-order valence-electron chi connectivity index (χ1n) is 8.22. The van der Waals surface area contributed by atoms with Crippen LogP contribution < -0.4 is 5.32 Å². The lowest BCUT2D eigenvalue weighted by Crippen LogP contribution is -2.46. The summed E-state index contributed by atoms with van der Waals surface area (Å²) in [5.41, 5.74) is 1.39. The van der Waals surface area contributed by atoms with E-state index >= 15 is 0 Å². The first-order valence-corrected chi connectivity index (χ1v) is 8.22. The number of fused-ring (bicyclic) bond motifs is 1. The number of nitrogens with one attached hydrogen (secondary N) is 1. The molecule has 1 heterocycles. The number of hydrogen-bond donors (Lipinski definition) is 2. The Morgan fingerprint density at radius 3 is 2.56 bits per heavy atom. The van der Waals surface area contributed by atoms with Gasteiger partial charge >= 0.3 is 5.97 Å². The van der Waals surface area contributed by atoms with Crippen LogP contribution in [-0.4, -0.2) is 51.5 Å². The third-order valence-electron chi connectivity index (χ3n) is 4.17. The molecular weight excluding hydrogens is 322 g/mol. The minimum absolute atomic E-state index is 0.123. The lowest BCUT2D eigenvalue weighted by Gasteiger charge is -2.26. The van der Waals surface area contributed by atoms with Gasteiger partial charge in [0.05, 0.1) is 5.56 Å². The average molecular weight is 345 g/mol. The van der Waals surface area contributed by atoms with Crippen LogP contribution in [0.2, 0.25) is 0 Å². The second-order valence-electron chi connectivity index (χ2n) is 5.84. The lowest BCUT2D eigenvalue weighted by molar-refractivity contribution is -0.141. The Balaban J connectivity index is 2.38. The van der Waals surface area contributed by atoms with Crippen molar-refractivity contribution in [2.24, 2.45) is 0 Å². The Labute approximate surface area is 146 Å². The molecule has 0 saturated carbocycles. The SMILES string of the molecule is CCn1cc(C(=O)N(CCNC(C)=O)C(C)C(=O)O)c2ccccc21. The summed E-state index contributed by atoms with van der Waals surface area (Å²) in [5.74, 6) is -1.67. The highest BCUT2D eigenvalue weighted by molar-refractivity contribution is 6.07. The highest BCUT2D eigenvalue weighted by atomic mass is 16.4. The fourth-order valence-electron chi connectivity index (χ4n) is 2.79. The highest BCUT2D eigenvalue weighted by Crippen LogP contribution is 2.23. The predicted octanol–water partition coefficient (Wildman–Crippen LogP) is 1.71. The Hall–Kier alpha value is -2.83. The summed E-state index contributed by atoms with van der Waals surface area (Å²) in [6.45, 7) is 5.85. The van der Waals surface area contributed by atoms with E-state index in [0.717, 1.165) is 10.9 Å². The molecule has 0 saturated heterocycles. The number of carbonyl (C=O) groups is 3. The molecule has 25 heavy (non-hydrogen) atoms. The maximum Gasteiger partial charge on any atom is 0.326 e. The van der Waals surface area contributed by atoms with Crippen molar-refractivity contribution in [1.29, 1.82) is 0 Å². The van der Waals surface area contributed by atoms with E-state index in [9.17, 15) is 19.5 Å². The second kappa shape index (κ2) is 7.83. The maximum absolute atomic E-state index is 13.0. The van der Waals surface area contributed by atoms with E-state index in [1.54, 1.807) is 6.20 Å². The zero-order valence-electron chi connectivity index (χ0n) is 14.7. The van der Waals surface area contributed by atoms with Crippen molar-refractivity contribution in [3.8, 4) is 0 Å². The van der Waals surface area contributed by atoms with Gasteiger partial charge in [0.25, 0.3) is 5.91 Å². The standard InChI is InChI=1S/C18H23N3O4/c1-4-20-11-15(14-7-5-6-8-16(14)20)17(23)21(12(2)18(24)25)10-9-19-13(3)22/h5-8,11-12H,4,9-10H2,1-3H3,(H,19,22)(H,24,25). The summed E-state index contributed by atoms with van der Waals surface area (Å²) in [6.07, 6.45) is 1.76. The summed E-state index contributed by atoms with van der Waals surface area (Å²) in [6, 6.07) is 6.53. The fraction of sp³-hybridized carbons (Fsp3) is 0.389. The van der Waals surface area contributed by atoms with Gasteiger partial charge < -0.3 is 19.9 Å². The van der Waals surface area contributed by atoms with Gasteiger partial charge in [-0.3, -0.25) is 9.59 Å². The first-order chi connectivity index (χ1) is 11.9. The van der Waals surface area contributed by atoms with Crippen LogP contribution in [0.1, 0.15) is 31.1 Å². The number of amides is 2. The maximum atomic E-state index is 13.0. The molecule has 2 N–H and O–H groups in total. The van der Waals surface area contributed by atoms with Crippen molar-refractivity contribution in [2.45, 2.75) is 33.4 Å². The van der Waals surface area contributed by atoms with Gasteiger partial charge in [0.2, 0.25) is 5.91 Å². The van der Waals surface area contributed by atoms with Gasteiger partial charge in [0.15, 0.2) is 0 Å². The zero-order valence-corrected chi connectivity index (χ0v) is 14.7. The van der Waals surface area contributed by atoms with Gasteiger partial charge in [-0.1, -0.05) is 18.2 Å². The summed E-state index contributed by atoms with van der Waals surface area (Å²) in [5, 5.41) is 12.7. The van der Waals surface area contributed by atoms with Crippen molar-refractivity contribution >= 4 is 28.7 Å². The number of para-hydroxylation sites is 1.